The Bertz CT molecular complexity index is 788. The van der Waals surface area contributed by atoms with E-state index in [2.05, 4.69) is 62.8 Å². The molecule has 0 bridgehead atoms. The molecule has 31 heavy (non-hydrogen) atoms. The van der Waals surface area contributed by atoms with Gasteiger partial charge in [-0.15, -0.1) is 24.0 Å². The Hall–Kier alpha value is -1.91. The second kappa shape index (κ2) is 13.5. The predicted octanol–water partition coefficient (Wildman–Crippen LogP) is 3.05. The molecule has 7 nitrogen and oxygen atoms in total. The maximum Gasteiger partial charge on any atom is 0.213 e. The van der Waals surface area contributed by atoms with Crippen molar-refractivity contribution in [1.82, 2.24) is 20.5 Å². The van der Waals surface area contributed by atoms with Crippen LogP contribution in [0, 0.1) is 0 Å². The van der Waals surface area contributed by atoms with Gasteiger partial charge in [0.1, 0.15) is 6.61 Å². The fourth-order valence-corrected chi connectivity index (χ4v) is 3.65. The van der Waals surface area contributed by atoms with E-state index in [1.54, 1.807) is 14.2 Å². The van der Waals surface area contributed by atoms with E-state index in [-0.39, 0.29) is 24.0 Å². The first-order valence-electron chi connectivity index (χ1n) is 10.5. The van der Waals surface area contributed by atoms with Gasteiger partial charge in [0, 0.05) is 58.1 Å². The lowest BCUT2D eigenvalue weighted by molar-refractivity contribution is 0.143. The number of hydrogen-bond donors (Lipinski definition) is 2. The molecule has 1 aromatic heterocycles. The molecule has 1 aliphatic rings. The van der Waals surface area contributed by atoms with Gasteiger partial charge in [0.2, 0.25) is 5.88 Å². The average molecular weight is 539 g/mol. The van der Waals surface area contributed by atoms with Gasteiger partial charge >= 0.3 is 0 Å². The molecular weight excluding hydrogens is 505 g/mol. The van der Waals surface area contributed by atoms with Crippen LogP contribution in [0.25, 0.3) is 0 Å². The zero-order valence-electron chi connectivity index (χ0n) is 18.6. The summed E-state index contributed by atoms with van der Waals surface area (Å²) in [6.45, 7) is 5.99. The van der Waals surface area contributed by atoms with Crippen LogP contribution in [-0.4, -0.2) is 61.8 Å². The Balaban J connectivity index is 0.00000341. The minimum absolute atomic E-state index is 0. The molecule has 1 aliphatic heterocycles. The van der Waals surface area contributed by atoms with Crippen molar-refractivity contribution in [2.45, 2.75) is 38.5 Å². The monoisotopic (exact) mass is 539 g/mol. The second-order valence-corrected chi connectivity index (χ2v) is 7.61. The highest BCUT2D eigenvalue weighted by Crippen LogP contribution is 2.20. The third kappa shape index (κ3) is 8.27. The largest absolute Gasteiger partial charge is 0.475 e. The summed E-state index contributed by atoms with van der Waals surface area (Å²) in [6.07, 6.45) is 2.92. The van der Waals surface area contributed by atoms with Gasteiger partial charge < -0.3 is 20.1 Å². The van der Waals surface area contributed by atoms with Crippen molar-refractivity contribution in [3.8, 4) is 5.88 Å². The molecule has 1 saturated heterocycles. The first kappa shape index (κ1) is 25.4. The second-order valence-electron chi connectivity index (χ2n) is 7.61. The summed E-state index contributed by atoms with van der Waals surface area (Å²) < 4.78 is 10.5. The number of nitrogens with zero attached hydrogens (tertiary/aromatic N) is 3. The van der Waals surface area contributed by atoms with E-state index in [0.29, 0.717) is 37.7 Å². The zero-order chi connectivity index (χ0) is 21.2. The summed E-state index contributed by atoms with van der Waals surface area (Å²) in [7, 11) is 3.46. The lowest BCUT2D eigenvalue weighted by Crippen LogP contribution is -2.44. The number of nitrogens with one attached hydrogen (secondary N) is 2. The van der Waals surface area contributed by atoms with E-state index in [1.165, 1.54) is 5.56 Å². The van der Waals surface area contributed by atoms with E-state index in [1.807, 2.05) is 18.3 Å². The Labute approximate surface area is 202 Å². The standard InChI is InChI=1S/C23H33N5O2.HI/c1-18-13-21(17-28(18)16-19-7-5-4-6-8-19)27-23(24-2)26-15-20-9-10-22(25-14-20)30-12-11-29-3;/h4-10,14,18,21H,11-13,15-17H2,1-3H3,(H2,24,26,27);1H. The van der Waals surface area contributed by atoms with Crippen molar-refractivity contribution in [1.29, 1.82) is 0 Å². The lowest BCUT2D eigenvalue weighted by Gasteiger charge is -2.21. The molecular formula is C23H34IN5O2. The van der Waals surface area contributed by atoms with E-state index >= 15 is 0 Å². The molecule has 0 radical (unpaired) electrons. The minimum atomic E-state index is 0. The van der Waals surface area contributed by atoms with Crippen molar-refractivity contribution in [2.75, 3.05) is 33.9 Å². The van der Waals surface area contributed by atoms with Gasteiger partial charge in [0.05, 0.1) is 6.61 Å². The van der Waals surface area contributed by atoms with Crippen molar-refractivity contribution >= 4 is 29.9 Å². The topological polar surface area (TPSA) is 71.0 Å². The molecule has 2 heterocycles. The summed E-state index contributed by atoms with van der Waals surface area (Å²) >= 11 is 0. The highest BCUT2D eigenvalue weighted by atomic mass is 127. The van der Waals surface area contributed by atoms with Crippen molar-refractivity contribution in [3.05, 3.63) is 59.8 Å². The lowest BCUT2D eigenvalue weighted by atomic mass is 10.2. The number of methoxy groups -OCH3 is 1. The number of halogens is 1. The number of likely N-dealkylation sites (tertiary alicyclic amines) is 1. The van der Waals surface area contributed by atoms with Crippen LogP contribution in [0.4, 0.5) is 0 Å². The van der Waals surface area contributed by atoms with Crippen molar-refractivity contribution in [3.63, 3.8) is 0 Å². The summed E-state index contributed by atoms with van der Waals surface area (Å²) in [5, 5.41) is 6.95. The molecule has 3 rings (SSSR count). The van der Waals surface area contributed by atoms with Gasteiger partial charge in [0.15, 0.2) is 5.96 Å². The van der Waals surface area contributed by atoms with Crippen molar-refractivity contribution in [2.24, 2.45) is 4.99 Å². The van der Waals surface area contributed by atoms with E-state index in [4.69, 9.17) is 9.47 Å². The van der Waals surface area contributed by atoms with Crippen LogP contribution in [0.3, 0.4) is 0 Å². The molecule has 2 unspecified atom stereocenters. The predicted molar refractivity (Wildman–Crippen MR) is 135 cm³/mol. The maximum atomic E-state index is 5.50. The summed E-state index contributed by atoms with van der Waals surface area (Å²) in [5.74, 6) is 1.42. The normalized spacial score (nSPS) is 19.0. The number of ether oxygens (including phenoxy) is 2. The number of hydrogen-bond acceptors (Lipinski definition) is 5. The van der Waals surface area contributed by atoms with Gasteiger partial charge in [-0.1, -0.05) is 36.4 Å². The first-order valence-corrected chi connectivity index (χ1v) is 10.5. The van der Waals surface area contributed by atoms with E-state index < -0.39 is 0 Å². The Kier molecular flexibility index (Phi) is 11.0. The first-order chi connectivity index (χ1) is 14.7. The summed E-state index contributed by atoms with van der Waals surface area (Å²) in [4.78, 5) is 11.2. The van der Waals surface area contributed by atoms with Crippen LogP contribution in [-0.2, 0) is 17.8 Å². The fraction of sp³-hybridized carbons (Fsp3) is 0.478. The van der Waals surface area contributed by atoms with Gasteiger partial charge in [-0.2, -0.15) is 0 Å². The van der Waals surface area contributed by atoms with Crippen LogP contribution in [0.1, 0.15) is 24.5 Å². The highest BCUT2D eigenvalue weighted by Gasteiger charge is 2.29. The number of benzene rings is 1. The Morgan fingerprint density at radius 1 is 1.16 bits per heavy atom. The molecule has 0 spiro atoms. The fourth-order valence-electron chi connectivity index (χ4n) is 3.65. The van der Waals surface area contributed by atoms with E-state index in [9.17, 15) is 0 Å². The molecule has 1 aromatic carbocycles. The van der Waals surface area contributed by atoms with Crippen LogP contribution in [0.15, 0.2) is 53.7 Å². The van der Waals surface area contributed by atoms with Crippen LogP contribution in [0.2, 0.25) is 0 Å². The minimum Gasteiger partial charge on any atom is -0.475 e. The highest BCUT2D eigenvalue weighted by molar-refractivity contribution is 14.0. The number of pyridine rings is 1. The van der Waals surface area contributed by atoms with Gasteiger partial charge in [-0.3, -0.25) is 9.89 Å². The van der Waals surface area contributed by atoms with Crippen molar-refractivity contribution < 1.29 is 9.47 Å². The Morgan fingerprint density at radius 3 is 2.65 bits per heavy atom. The SMILES string of the molecule is CN=C(NCc1ccc(OCCOC)nc1)NC1CC(C)N(Cc2ccccc2)C1.I. The number of guanidine groups is 1. The van der Waals surface area contributed by atoms with E-state index in [0.717, 1.165) is 31.0 Å². The number of rotatable bonds is 9. The Morgan fingerprint density at radius 2 is 1.97 bits per heavy atom. The van der Waals surface area contributed by atoms with Gasteiger partial charge in [-0.05, 0) is 24.5 Å². The summed E-state index contributed by atoms with van der Waals surface area (Å²) in [5.41, 5.74) is 2.43. The van der Waals surface area contributed by atoms with Gasteiger partial charge in [0.25, 0.3) is 0 Å². The van der Waals surface area contributed by atoms with Gasteiger partial charge in [-0.25, -0.2) is 4.98 Å². The maximum absolute atomic E-state index is 5.50. The number of aliphatic imine (C=N–C) groups is 1. The molecule has 2 N–H and O–H groups in total. The molecule has 1 fully saturated rings. The molecule has 0 aliphatic carbocycles. The average Bonchev–Trinajstić information content (AvgIpc) is 3.11. The third-order valence-corrected chi connectivity index (χ3v) is 5.29. The molecule has 0 amide bonds. The van der Waals surface area contributed by atoms with Crippen LogP contribution >= 0.6 is 24.0 Å². The molecule has 2 atom stereocenters. The zero-order valence-corrected chi connectivity index (χ0v) is 20.9. The number of aromatic nitrogens is 1. The molecule has 0 saturated carbocycles. The molecule has 170 valence electrons. The quantitative estimate of drug-likeness (QED) is 0.221. The van der Waals surface area contributed by atoms with Crippen LogP contribution < -0.4 is 15.4 Å². The smallest absolute Gasteiger partial charge is 0.213 e. The third-order valence-electron chi connectivity index (χ3n) is 5.29. The molecule has 2 aromatic rings. The summed E-state index contributed by atoms with van der Waals surface area (Å²) in [6, 6.07) is 15.5. The van der Waals surface area contributed by atoms with Crippen LogP contribution in [0.5, 0.6) is 5.88 Å². The molecule has 8 heteroatoms.